The summed E-state index contributed by atoms with van der Waals surface area (Å²) < 4.78 is 31.7. The molecule has 0 fully saturated rings. The fourth-order valence-corrected chi connectivity index (χ4v) is 2.78. The normalized spacial score (nSPS) is 11.7. The number of hydrogen-bond acceptors (Lipinski definition) is 5. The summed E-state index contributed by atoms with van der Waals surface area (Å²) in [6.07, 6.45) is 0. The van der Waals surface area contributed by atoms with Crippen molar-refractivity contribution in [1.82, 2.24) is 0 Å². The van der Waals surface area contributed by atoms with Gasteiger partial charge in [-0.1, -0.05) is 36.4 Å². The van der Waals surface area contributed by atoms with Crippen LogP contribution < -0.4 is 0 Å². The van der Waals surface area contributed by atoms with Gasteiger partial charge in [0.15, 0.2) is 4.98 Å². The summed E-state index contributed by atoms with van der Waals surface area (Å²) in [4.78, 5) is 2.51. The van der Waals surface area contributed by atoms with Gasteiger partial charge in [0.05, 0.1) is 23.5 Å². The van der Waals surface area contributed by atoms with Crippen LogP contribution in [0.1, 0.15) is 0 Å². The lowest BCUT2D eigenvalue weighted by Gasteiger charge is -2.00. The van der Waals surface area contributed by atoms with Gasteiger partial charge in [0, 0.05) is 5.39 Å². The molecule has 0 aromatic heterocycles. The van der Waals surface area contributed by atoms with E-state index in [1.165, 1.54) is 6.07 Å². The molecule has 0 heterocycles. The zero-order valence-electron chi connectivity index (χ0n) is 12.2. The van der Waals surface area contributed by atoms with Gasteiger partial charge in [-0.15, -0.1) is 5.11 Å². The standard InChI is InChI=1S/C16H10N4O3S/c17-18-12-8-13(10-14(9-12)24(21,22)23)19-20-16-7-3-5-11-4-1-2-6-15(11)16/h1-10H/p+1. The molecule has 0 unspecified atom stereocenters. The van der Waals surface area contributed by atoms with Crippen molar-refractivity contribution in [2.75, 3.05) is 0 Å². The zero-order chi connectivity index (χ0) is 17.2. The number of rotatable bonds is 3. The van der Waals surface area contributed by atoms with Gasteiger partial charge in [-0.25, -0.2) is 0 Å². The second-order valence-corrected chi connectivity index (χ2v) is 6.38. The van der Waals surface area contributed by atoms with Gasteiger partial charge in [-0.05, 0) is 17.5 Å². The highest BCUT2D eigenvalue weighted by molar-refractivity contribution is 7.85. The Morgan fingerprint density at radius 1 is 0.958 bits per heavy atom. The molecule has 0 bridgehead atoms. The van der Waals surface area contributed by atoms with Crippen LogP contribution in [0.25, 0.3) is 15.7 Å². The Labute approximate surface area is 137 Å². The first-order valence-corrected chi connectivity index (χ1v) is 8.28. The summed E-state index contributed by atoms with van der Waals surface area (Å²) in [5.41, 5.74) is 0.677. The first kappa shape index (κ1) is 15.7. The number of benzene rings is 3. The van der Waals surface area contributed by atoms with Crippen molar-refractivity contribution in [3.05, 3.63) is 65.6 Å². The molecule has 118 valence electrons. The summed E-state index contributed by atoms with van der Waals surface area (Å²) >= 11 is 0. The summed E-state index contributed by atoms with van der Waals surface area (Å²) in [6.45, 7) is 0. The molecular weight excluding hydrogens is 328 g/mol. The minimum absolute atomic E-state index is 0.0583. The second-order valence-electron chi connectivity index (χ2n) is 4.96. The van der Waals surface area contributed by atoms with E-state index in [-0.39, 0.29) is 11.4 Å². The van der Waals surface area contributed by atoms with Crippen molar-refractivity contribution < 1.29 is 13.0 Å². The molecule has 3 rings (SSSR count). The van der Waals surface area contributed by atoms with E-state index < -0.39 is 15.0 Å². The fraction of sp³-hybridized carbons (Fsp3) is 0. The quantitative estimate of drug-likeness (QED) is 0.412. The van der Waals surface area contributed by atoms with E-state index in [1.807, 2.05) is 36.4 Å². The molecule has 1 N–H and O–H groups in total. The first-order valence-electron chi connectivity index (χ1n) is 6.84. The van der Waals surface area contributed by atoms with Gasteiger partial charge >= 0.3 is 5.69 Å². The largest absolute Gasteiger partial charge is 0.388 e. The van der Waals surface area contributed by atoms with E-state index in [9.17, 15) is 8.42 Å². The monoisotopic (exact) mass is 339 g/mol. The maximum Gasteiger partial charge on any atom is 0.388 e. The summed E-state index contributed by atoms with van der Waals surface area (Å²) in [5.74, 6) is 0. The highest BCUT2D eigenvalue weighted by Crippen LogP contribution is 2.30. The molecule has 3 aromatic rings. The van der Waals surface area contributed by atoms with Crippen LogP contribution >= 0.6 is 0 Å². The third kappa shape index (κ3) is 3.27. The Morgan fingerprint density at radius 2 is 1.71 bits per heavy atom. The highest BCUT2D eigenvalue weighted by atomic mass is 32.2. The minimum atomic E-state index is -4.45. The molecule has 0 saturated carbocycles. The topological polar surface area (TPSA) is 107 Å². The predicted molar refractivity (Wildman–Crippen MR) is 89.1 cm³/mol. The molecular formula is C16H11N4O3S+. The lowest BCUT2D eigenvalue weighted by atomic mass is 10.1. The lowest BCUT2D eigenvalue weighted by Crippen LogP contribution is -1.96. The van der Waals surface area contributed by atoms with E-state index in [0.29, 0.717) is 5.69 Å². The van der Waals surface area contributed by atoms with Gasteiger partial charge in [0.25, 0.3) is 10.1 Å². The Bertz CT molecular complexity index is 1100. The van der Waals surface area contributed by atoms with Crippen LogP contribution in [0.4, 0.5) is 17.1 Å². The summed E-state index contributed by atoms with van der Waals surface area (Å²) in [7, 11) is -4.45. The van der Waals surface area contributed by atoms with Crippen LogP contribution in [-0.2, 0) is 10.1 Å². The summed E-state index contributed by atoms with van der Waals surface area (Å²) in [5, 5.41) is 18.9. The molecule has 0 saturated heterocycles. The van der Waals surface area contributed by atoms with Gasteiger partial charge in [0.1, 0.15) is 4.90 Å². The van der Waals surface area contributed by atoms with E-state index in [4.69, 9.17) is 9.95 Å². The second kappa shape index (κ2) is 6.16. The molecule has 0 amide bonds. The van der Waals surface area contributed by atoms with Crippen molar-refractivity contribution in [3.63, 3.8) is 0 Å². The van der Waals surface area contributed by atoms with Crippen LogP contribution in [0.15, 0.2) is 75.8 Å². The Morgan fingerprint density at radius 3 is 2.46 bits per heavy atom. The number of diazo groups is 1. The van der Waals surface area contributed by atoms with E-state index in [0.717, 1.165) is 22.9 Å². The molecule has 0 aliphatic carbocycles. The molecule has 8 heteroatoms. The van der Waals surface area contributed by atoms with Crippen LogP contribution in [0.5, 0.6) is 0 Å². The van der Waals surface area contributed by atoms with Crippen LogP contribution in [-0.4, -0.2) is 13.0 Å². The average Bonchev–Trinajstić information content (AvgIpc) is 2.58. The number of hydrogen-bond donors (Lipinski definition) is 1. The van der Waals surface area contributed by atoms with E-state index in [1.54, 1.807) is 6.07 Å². The van der Waals surface area contributed by atoms with Crippen molar-refractivity contribution in [1.29, 1.82) is 5.39 Å². The predicted octanol–water partition coefficient (Wildman–Crippen LogP) is 4.99. The Hall–Kier alpha value is -3.15. The van der Waals surface area contributed by atoms with E-state index >= 15 is 0 Å². The van der Waals surface area contributed by atoms with Crippen molar-refractivity contribution in [2.24, 2.45) is 10.2 Å². The maximum absolute atomic E-state index is 11.3. The van der Waals surface area contributed by atoms with Crippen LogP contribution in [0.2, 0.25) is 0 Å². The molecule has 24 heavy (non-hydrogen) atoms. The average molecular weight is 339 g/mol. The third-order valence-corrected chi connectivity index (χ3v) is 4.16. The fourth-order valence-electron chi connectivity index (χ4n) is 2.24. The first-order chi connectivity index (χ1) is 11.5. The smallest absolute Gasteiger partial charge is 0.282 e. The Balaban J connectivity index is 2.07. The third-order valence-electron chi connectivity index (χ3n) is 3.33. The van der Waals surface area contributed by atoms with Crippen LogP contribution in [0.3, 0.4) is 0 Å². The van der Waals surface area contributed by atoms with E-state index in [2.05, 4.69) is 15.2 Å². The lowest BCUT2D eigenvalue weighted by molar-refractivity contribution is 0.483. The number of nitrogens with zero attached hydrogens (tertiary/aromatic N) is 4. The van der Waals surface area contributed by atoms with Gasteiger partial charge in [0.2, 0.25) is 5.39 Å². The van der Waals surface area contributed by atoms with Crippen molar-refractivity contribution in [3.8, 4) is 0 Å². The number of azo groups is 1. The SMILES string of the molecule is N#[N+]c1cc(N=Nc2cccc3ccccc23)cc(S(=O)(=O)O)c1. The molecule has 7 nitrogen and oxygen atoms in total. The van der Waals surface area contributed by atoms with Gasteiger partial charge in [-0.2, -0.15) is 13.5 Å². The molecule has 0 aliphatic heterocycles. The van der Waals surface area contributed by atoms with Crippen LogP contribution in [0, 0.1) is 5.39 Å². The molecule has 0 radical (unpaired) electrons. The van der Waals surface area contributed by atoms with Gasteiger partial charge < -0.3 is 0 Å². The van der Waals surface area contributed by atoms with Crippen molar-refractivity contribution in [2.45, 2.75) is 4.90 Å². The molecule has 0 atom stereocenters. The van der Waals surface area contributed by atoms with Crippen molar-refractivity contribution >= 4 is 38.0 Å². The molecule has 3 aromatic carbocycles. The molecule has 0 spiro atoms. The maximum atomic E-state index is 11.3. The Kier molecular flexibility index (Phi) is 4.04. The zero-order valence-corrected chi connectivity index (χ0v) is 13.1. The number of fused-ring (bicyclic) bond motifs is 1. The summed E-state index contributed by atoms with van der Waals surface area (Å²) in [6, 6.07) is 16.7. The highest BCUT2D eigenvalue weighted by Gasteiger charge is 2.17. The minimum Gasteiger partial charge on any atom is -0.282 e. The molecule has 0 aliphatic rings. The van der Waals surface area contributed by atoms with Gasteiger partial charge in [-0.3, -0.25) is 4.55 Å².